The molecule has 1 heterocycles. The van der Waals surface area contributed by atoms with E-state index in [0.29, 0.717) is 5.92 Å². The molecule has 0 saturated heterocycles. The summed E-state index contributed by atoms with van der Waals surface area (Å²) in [5, 5.41) is 0. The SMILES string of the molecule is CCCC(CCC)c1nc2ccc(C)cc2n1I. The highest BCUT2D eigenvalue weighted by Crippen LogP contribution is 2.30. The van der Waals surface area contributed by atoms with Crippen molar-refractivity contribution in [1.29, 1.82) is 0 Å². The monoisotopic (exact) mass is 356 g/mol. The largest absolute Gasteiger partial charge is 0.268 e. The number of nitrogens with zero attached hydrogens (tertiary/aromatic N) is 2. The summed E-state index contributed by atoms with van der Waals surface area (Å²) in [5.74, 6) is 1.85. The van der Waals surface area contributed by atoms with Crippen molar-refractivity contribution in [1.82, 2.24) is 7.76 Å². The minimum absolute atomic E-state index is 0.601. The van der Waals surface area contributed by atoms with Crippen LogP contribution in [0, 0.1) is 6.92 Å². The van der Waals surface area contributed by atoms with Crippen molar-refractivity contribution in [3.8, 4) is 0 Å². The second-order valence-electron chi connectivity index (χ2n) is 5.02. The first-order valence-electron chi connectivity index (χ1n) is 6.82. The van der Waals surface area contributed by atoms with Crippen LogP contribution in [0.15, 0.2) is 18.2 Å². The molecule has 0 aliphatic carbocycles. The maximum Gasteiger partial charge on any atom is 0.121 e. The van der Waals surface area contributed by atoms with Crippen LogP contribution in [0.2, 0.25) is 0 Å². The molecule has 0 aliphatic rings. The van der Waals surface area contributed by atoms with Crippen LogP contribution >= 0.6 is 22.9 Å². The van der Waals surface area contributed by atoms with Crippen molar-refractivity contribution in [2.45, 2.75) is 52.4 Å². The van der Waals surface area contributed by atoms with Gasteiger partial charge >= 0.3 is 0 Å². The number of fused-ring (bicyclic) bond motifs is 1. The van der Waals surface area contributed by atoms with Gasteiger partial charge in [-0.05, 0) is 37.5 Å². The van der Waals surface area contributed by atoms with E-state index in [0.717, 1.165) is 5.52 Å². The number of hydrogen-bond donors (Lipinski definition) is 0. The zero-order valence-corrected chi connectivity index (χ0v) is 13.6. The van der Waals surface area contributed by atoms with Crippen molar-refractivity contribution in [3.63, 3.8) is 0 Å². The molecule has 0 saturated carbocycles. The molecule has 0 radical (unpaired) electrons. The average Bonchev–Trinajstić information content (AvgIpc) is 2.67. The van der Waals surface area contributed by atoms with Gasteiger partial charge in [0.1, 0.15) is 5.82 Å². The van der Waals surface area contributed by atoms with E-state index in [-0.39, 0.29) is 0 Å². The third-order valence-electron chi connectivity index (χ3n) is 3.42. The van der Waals surface area contributed by atoms with Gasteiger partial charge in [-0.2, -0.15) is 0 Å². The number of halogens is 1. The summed E-state index contributed by atoms with van der Waals surface area (Å²) >= 11 is 2.40. The highest BCUT2D eigenvalue weighted by Gasteiger charge is 2.18. The van der Waals surface area contributed by atoms with Gasteiger partial charge in [0.2, 0.25) is 0 Å². The van der Waals surface area contributed by atoms with Crippen LogP contribution in [0.4, 0.5) is 0 Å². The fourth-order valence-electron chi connectivity index (χ4n) is 2.53. The first-order chi connectivity index (χ1) is 8.67. The Morgan fingerprint density at radius 2 is 1.89 bits per heavy atom. The van der Waals surface area contributed by atoms with Crippen LogP contribution in [-0.2, 0) is 0 Å². The van der Waals surface area contributed by atoms with Gasteiger partial charge in [-0.3, -0.25) is 2.78 Å². The molecular formula is C15H21IN2. The Morgan fingerprint density at radius 3 is 2.50 bits per heavy atom. The lowest BCUT2D eigenvalue weighted by molar-refractivity contribution is 0.538. The molecule has 0 atom stereocenters. The van der Waals surface area contributed by atoms with Crippen LogP contribution in [0.1, 0.15) is 56.8 Å². The molecule has 0 bridgehead atoms. The molecule has 0 spiro atoms. The lowest BCUT2D eigenvalue weighted by Gasteiger charge is -2.13. The molecule has 1 aromatic carbocycles. The van der Waals surface area contributed by atoms with Crippen molar-refractivity contribution in [2.75, 3.05) is 0 Å². The maximum absolute atomic E-state index is 4.85. The van der Waals surface area contributed by atoms with Gasteiger partial charge in [0.05, 0.1) is 33.9 Å². The first kappa shape index (κ1) is 13.8. The predicted octanol–water partition coefficient (Wildman–Crippen LogP) is 5.23. The van der Waals surface area contributed by atoms with Gasteiger partial charge in [0, 0.05) is 5.92 Å². The summed E-state index contributed by atoms with van der Waals surface area (Å²) in [5.41, 5.74) is 3.68. The van der Waals surface area contributed by atoms with Crippen molar-refractivity contribution in [3.05, 3.63) is 29.6 Å². The number of aryl methyl sites for hydroxylation is 1. The molecule has 2 rings (SSSR count). The molecule has 0 N–H and O–H groups in total. The van der Waals surface area contributed by atoms with Gasteiger partial charge in [-0.1, -0.05) is 32.8 Å². The van der Waals surface area contributed by atoms with Gasteiger partial charge in [0.25, 0.3) is 0 Å². The first-order valence-corrected chi connectivity index (χ1v) is 7.79. The van der Waals surface area contributed by atoms with Crippen molar-refractivity contribution in [2.24, 2.45) is 0 Å². The molecule has 2 aromatic rings. The summed E-state index contributed by atoms with van der Waals surface area (Å²) in [4.78, 5) is 4.85. The van der Waals surface area contributed by atoms with Crippen molar-refractivity contribution >= 4 is 33.9 Å². The summed E-state index contributed by atoms with van der Waals surface area (Å²) in [6.07, 6.45) is 4.92. The minimum atomic E-state index is 0.601. The molecule has 0 fully saturated rings. The van der Waals surface area contributed by atoms with E-state index in [2.05, 4.69) is 64.6 Å². The van der Waals surface area contributed by atoms with Crippen LogP contribution < -0.4 is 0 Å². The van der Waals surface area contributed by atoms with Crippen LogP contribution in [-0.4, -0.2) is 7.76 Å². The summed E-state index contributed by atoms with van der Waals surface area (Å²) in [6.45, 7) is 6.65. The molecule has 98 valence electrons. The topological polar surface area (TPSA) is 17.8 Å². The Kier molecular flexibility index (Phi) is 4.65. The third-order valence-corrected chi connectivity index (χ3v) is 4.43. The molecule has 0 aliphatic heterocycles. The highest BCUT2D eigenvalue weighted by atomic mass is 127. The molecular weight excluding hydrogens is 335 g/mol. The predicted molar refractivity (Wildman–Crippen MR) is 86.4 cm³/mol. The van der Waals surface area contributed by atoms with Gasteiger partial charge < -0.3 is 0 Å². The van der Waals surface area contributed by atoms with Crippen LogP contribution in [0.3, 0.4) is 0 Å². The molecule has 2 nitrogen and oxygen atoms in total. The lowest BCUT2D eigenvalue weighted by Crippen LogP contribution is -2.03. The van der Waals surface area contributed by atoms with E-state index in [4.69, 9.17) is 4.98 Å². The Labute approximate surface area is 123 Å². The second-order valence-corrected chi connectivity index (χ2v) is 5.98. The fraction of sp³-hybridized carbons (Fsp3) is 0.533. The van der Waals surface area contributed by atoms with Crippen LogP contribution in [0.25, 0.3) is 11.0 Å². The Balaban J connectivity index is 2.46. The van der Waals surface area contributed by atoms with E-state index in [1.54, 1.807) is 0 Å². The van der Waals surface area contributed by atoms with Crippen molar-refractivity contribution < 1.29 is 0 Å². The smallest absolute Gasteiger partial charge is 0.121 e. The minimum Gasteiger partial charge on any atom is -0.268 e. The fourth-order valence-corrected chi connectivity index (χ4v) is 3.42. The number of aromatic nitrogens is 2. The normalized spacial score (nSPS) is 11.6. The number of imidazole rings is 1. The molecule has 1 aromatic heterocycles. The Hall–Kier alpha value is -0.580. The Bertz CT molecular complexity index is 525. The maximum atomic E-state index is 4.85. The van der Waals surface area contributed by atoms with Crippen LogP contribution in [0.5, 0.6) is 0 Å². The molecule has 0 amide bonds. The Morgan fingerprint density at radius 1 is 1.22 bits per heavy atom. The van der Waals surface area contributed by atoms with E-state index >= 15 is 0 Å². The van der Waals surface area contributed by atoms with Gasteiger partial charge in [-0.15, -0.1) is 0 Å². The zero-order chi connectivity index (χ0) is 13.1. The number of rotatable bonds is 5. The summed E-state index contributed by atoms with van der Waals surface area (Å²) in [7, 11) is 0. The van der Waals surface area contributed by atoms with Gasteiger partial charge in [-0.25, -0.2) is 4.98 Å². The molecule has 0 unspecified atom stereocenters. The number of hydrogen-bond acceptors (Lipinski definition) is 1. The standard InChI is InChI=1S/C15H21IN2/c1-4-6-12(7-5-2)15-17-13-9-8-11(3)10-14(13)18(15)16/h8-10,12H,4-7H2,1-3H3. The van der Waals surface area contributed by atoms with E-state index in [1.807, 2.05) is 0 Å². The quantitative estimate of drug-likeness (QED) is 0.671. The third kappa shape index (κ3) is 2.71. The lowest BCUT2D eigenvalue weighted by atomic mass is 9.98. The summed E-state index contributed by atoms with van der Waals surface area (Å²) < 4.78 is 2.26. The second kappa shape index (κ2) is 6.04. The molecule has 18 heavy (non-hydrogen) atoms. The molecule has 3 heteroatoms. The van der Waals surface area contributed by atoms with E-state index in [1.165, 1.54) is 42.6 Å². The van der Waals surface area contributed by atoms with Gasteiger partial charge in [0.15, 0.2) is 0 Å². The van der Waals surface area contributed by atoms with E-state index in [9.17, 15) is 0 Å². The van der Waals surface area contributed by atoms with E-state index < -0.39 is 0 Å². The zero-order valence-electron chi connectivity index (χ0n) is 11.4. The average molecular weight is 356 g/mol. The highest BCUT2D eigenvalue weighted by molar-refractivity contribution is 14.1. The summed E-state index contributed by atoms with van der Waals surface area (Å²) in [6, 6.07) is 6.51. The number of benzene rings is 1.